The van der Waals surface area contributed by atoms with Gasteiger partial charge in [0.25, 0.3) is 0 Å². The zero-order valence-corrected chi connectivity index (χ0v) is 13.8. The molecule has 1 saturated heterocycles. The highest BCUT2D eigenvalue weighted by Gasteiger charge is 2.38. The Hall–Kier alpha value is -2.09. The topological polar surface area (TPSA) is 81.9 Å². The molecule has 7 heteroatoms. The molecule has 2 aromatic carbocycles. The molecule has 2 aliphatic heterocycles. The average Bonchev–Trinajstić information content (AvgIpc) is 3.21. The van der Waals surface area contributed by atoms with Gasteiger partial charge in [-0.3, -0.25) is 0 Å². The number of fused-ring (bicyclic) bond motifs is 1. The van der Waals surface area contributed by atoms with Crippen LogP contribution in [0.2, 0.25) is 0 Å². The van der Waals surface area contributed by atoms with Crippen molar-refractivity contribution in [3.8, 4) is 11.5 Å². The van der Waals surface area contributed by atoms with E-state index in [0.717, 1.165) is 5.56 Å². The zero-order chi connectivity index (χ0) is 16.7. The van der Waals surface area contributed by atoms with Gasteiger partial charge in [0.2, 0.25) is 16.8 Å². The van der Waals surface area contributed by atoms with Gasteiger partial charge in [0.1, 0.15) is 0 Å². The van der Waals surface area contributed by atoms with Crippen LogP contribution in [0.5, 0.6) is 11.5 Å². The predicted octanol–water partition coefficient (Wildman–Crippen LogP) is 1.53. The van der Waals surface area contributed by atoms with Crippen LogP contribution in [0, 0.1) is 0 Å². The van der Waals surface area contributed by atoms with Crippen molar-refractivity contribution in [3.05, 3.63) is 54.1 Å². The lowest BCUT2D eigenvalue weighted by molar-refractivity contribution is 0.174. The molecule has 2 heterocycles. The van der Waals surface area contributed by atoms with Crippen molar-refractivity contribution < 1.29 is 17.9 Å². The Morgan fingerprint density at radius 1 is 1.00 bits per heavy atom. The molecule has 2 aromatic rings. The third-order valence-electron chi connectivity index (χ3n) is 4.54. The summed E-state index contributed by atoms with van der Waals surface area (Å²) in [4.78, 5) is 0.202. The third kappa shape index (κ3) is 2.54. The summed E-state index contributed by atoms with van der Waals surface area (Å²) in [5.74, 6) is 1.02. The van der Waals surface area contributed by atoms with E-state index in [1.807, 2.05) is 30.3 Å². The minimum atomic E-state index is -3.62. The first kappa shape index (κ1) is 15.4. The van der Waals surface area contributed by atoms with E-state index in [1.165, 1.54) is 10.4 Å². The molecular weight excluding hydrogens is 328 g/mol. The molecule has 2 atom stereocenters. The molecule has 24 heavy (non-hydrogen) atoms. The molecule has 0 aromatic heterocycles. The molecule has 2 N–H and O–H groups in total. The van der Waals surface area contributed by atoms with Crippen LogP contribution in [0.1, 0.15) is 11.5 Å². The fourth-order valence-corrected chi connectivity index (χ4v) is 4.75. The van der Waals surface area contributed by atoms with Gasteiger partial charge >= 0.3 is 0 Å². The van der Waals surface area contributed by atoms with Crippen molar-refractivity contribution in [2.24, 2.45) is 5.73 Å². The maximum absolute atomic E-state index is 12.9. The molecule has 6 nitrogen and oxygen atoms in total. The summed E-state index contributed by atoms with van der Waals surface area (Å²) >= 11 is 0. The van der Waals surface area contributed by atoms with Crippen LogP contribution in [0.15, 0.2) is 53.4 Å². The first-order chi connectivity index (χ1) is 11.6. The van der Waals surface area contributed by atoms with Crippen LogP contribution in [-0.4, -0.2) is 38.6 Å². The average molecular weight is 346 g/mol. The lowest BCUT2D eigenvalue weighted by Gasteiger charge is -2.17. The summed E-state index contributed by atoms with van der Waals surface area (Å²) in [6.07, 6.45) is 0. The predicted molar refractivity (Wildman–Crippen MR) is 88.5 cm³/mol. The Morgan fingerprint density at radius 2 is 1.75 bits per heavy atom. The highest BCUT2D eigenvalue weighted by molar-refractivity contribution is 7.89. The van der Waals surface area contributed by atoms with E-state index in [4.69, 9.17) is 15.2 Å². The minimum absolute atomic E-state index is 0.00464. The Kier molecular flexibility index (Phi) is 3.71. The number of ether oxygens (including phenoxy) is 2. The summed E-state index contributed by atoms with van der Waals surface area (Å²) in [5.41, 5.74) is 7.28. The van der Waals surface area contributed by atoms with Crippen molar-refractivity contribution in [1.29, 1.82) is 0 Å². The normalized spacial score (nSPS) is 23.5. The zero-order valence-electron chi connectivity index (χ0n) is 13.0. The van der Waals surface area contributed by atoms with Gasteiger partial charge in [0, 0.05) is 31.1 Å². The molecule has 1 fully saturated rings. The number of nitrogens with zero attached hydrogens (tertiary/aromatic N) is 1. The maximum Gasteiger partial charge on any atom is 0.243 e. The number of hydrogen-bond donors (Lipinski definition) is 1. The van der Waals surface area contributed by atoms with E-state index >= 15 is 0 Å². The van der Waals surface area contributed by atoms with Gasteiger partial charge in [-0.05, 0) is 17.7 Å². The van der Waals surface area contributed by atoms with Crippen LogP contribution in [0.3, 0.4) is 0 Å². The summed E-state index contributed by atoms with van der Waals surface area (Å²) < 4.78 is 37.8. The summed E-state index contributed by atoms with van der Waals surface area (Å²) in [5, 5.41) is 0. The fourth-order valence-electron chi connectivity index (χ4n) is 3.23. The van der Waals surface area contributed by atoms with Gasteiger partial charge in [-0.15, -0.1) is 0 Å². The molecule has 0 amide bonds. The summed E-state index contributed by atoms with van der Waals surface area (Å²) in [6.45, 7) is 0.793. The molecule has 0 bridgehead atoms. The number of nitrogens with two attached hydrogens (primary N) is 1. The SMILES string of the molecule is N[C@H]1CN(S(=O)(=O)c2ccc3c(c2)OCO3)C[C@H]1c1ccccc1. The van der Waals surface area contributed by atoms with E-state index in [9.17, 15) is 8.42 Å². The van der Waals surface area contributed by atoms with Gasteiger partial charge in [0.15, 0.2) is 11.5 Å². The van der Waals surface area contributed by atoms with Crippen LogP contribution >= 0.6 is 0 Å². The van der Waals surface area contributed by atoms with Crippen LogP contribution in [0.25, 0.3) is 0 Å². The summed E-state index contributed by atoms with van der Waals surface area (Å²) in [6, 6.07) is 14.3. The van der Waals surface area contributed by atoms with Crippen LogP contribution in [-0.2, 0) is 10.0 Å². The molecule has 0 aliphatic carbocycles. The van der Waals surface area contributed by atoms with Crippen LogP contribution < -0.4 is 15.2 Å². The van der Waals surface area contributed by atoms with Gasteiger partial charge in [-0.2, -0.15) is 4.31 Å². The Labute approximate surface area is 140 Å². The number of sulfonamides is 1. The second kappa shape index (κ2) is 5.77. The molecule has 4 rings (SSSR count). The van der Waals surface area contributed by atoms with Gasteiger partial charge in [-0.25, -0.2) is 8.42 Å². The molecule has 0 saturated carbocycles. The second-order valence-corrected chi connectivity index (χ2v) is 7.96. The molecule has 0 radical (unpaired) electrons. The highest BCUT2D eigenvalue weighted by atomic mass is 32.2. The molecule has 0 spiro atoms. The fraction of sp³-hybridized carbons (Fsp3) is 0.294. The lowest BCUT2D eigenvalue weighted by atomic mass is 9.95. The molecule has 0 unspecified atom stereocenters. The van der Waals surface area contributed by atoms with E-state index in [0.29, 0.717) is 24.6 Å². The van der Waals surface area contributed by atoms with E-state index in [-0.39, 0.29) is 23.6 Å². The Balaban J connectivity index is 1.61. The van der Waals surface area contributed by atoms with Crippen molar-refractivity contribution >= 4 is 10.0 Å². The number of hydrogen-bond acceptors (Lipinski definition) is 5. The Bertz CT molecular complexity index is 854. The lowest BCUT2D eigenvalue weighted by Crippen LogP contribution is -2.32. The van der Waals surface area contributed by atoms with E-state index < -0.39 is 10.0 Å². The van der Waals surface area contributed by atoms with Crippen LogP contribution in [0.4, 0.5) is 0 Å². The summed E-state index contributed by atoms with van der Waals surface area (Å²) in [7, 11) is -3.62. The van der Waals surface area contributed by atoms with Crippen molar-refractivity contribution in [2.45, 2.75) is 16.9 Å². The number of rotatable bonds is 3. The molecule has 2 aliphatic rings. The number of benzene rings is 2. The van der Waals surface area contributed by atoms with E-state index in [2.05, 4.69) is 0 Å². The van der Waals surface area contributed by atoms with Gasteiger partial charge in [0.05, 0.1) is 4.90 Å². The third-order valence-corrected chi connectivity index (χ3v) is 6.37. The van der Waals surface area contributed by atoms with Gasteiger partial charge < -0.3 is 15.2 Å². The van der Waals surface area contributed by atoms with Crippen molar-refractivity contribution in [1.82, 2.24) is 4.31 Å². The van der Waals surface area contributed by atoms with Crippen molar-refractivity contribution in [2.75, 3.05) is 19.9 Å². The monoisotopic (exact) mass is 346 g/mol. The minimum Gasteiger partial charge on any atom is -0.454 e. The first-order valence-corrected chi connectivity index (χ1v) is 9.20. The van der Waals surface area contributed by atoms with E-state index in [1.54, 1.807) is 12.1 Å². The smallest absolute Gasteiger partial charge is 0.243 e. The largest absolute Gasteiger partial charge is 0.454 e. The Morgan fingerprint density at radius 3 is 2.54 bits per heavy atom. The highest BCUT2D eigenvalue weighted by Crippen LogP contribution is 2.36. The van der Waals surface area contributed by atoms with Gasteiger partial charge in [-0.1, -0.05) is 30.3 Å². The van der Waals surface area contributed by atoms with Crippen molar-refractivity contribution in [3.63, 3.8) is 0 Å². The standard InChI is InChI=1S/C17H18N2O4S/c18-15-10-19(9-14(15)12-4-2-1-3-5-12)24(20,21)13-6-7-16-17(8-13)23-11-22-16/h1-8,14-15H,9-11,18H2/t14-,15-/m0/s1. The first-order valence-electron chi connectivity index (χ1n) is 7.76. The molecule has 126 valence electrons. The molecular formula is C17H18N2O4S. The maximum atomic E-state index is 12.9. The second-order valence-electron chi connectivity index (χ2n) is 6.02. The quantitative estimate of drug-likeness (QED) is 0.911.